The predicted octanol–water partition coefficient (Wildman–Crippen LogP) is 1.69. The van der Waals surface area contributed by atoms with Crippen molar-refractivity contribution >= 4 is 12.1 Å². The van der Waals surface area contributed by atoms with Crippen LogP contribution in [0.5, 0.6) is 5.75 Å². The number of nitrogens with zero attached hydrogens (tertiary/aromatic N) is 2. The fourth-order valence-electron chi connectivity index (χ4n) is 3.78. The summed E-state index contributed by atoms with van der Waals surface area (Å²) in [5.41, 5.74) is 2.05. The zero-order valence-corrected chi connectivity index (χ0v) is 14.7. The first-order valence-corrected chi connectivity index (χ1v) is 8.06. The van der Waals surface area contributed by atoms with E-state index in [0.29, 0.717) is 0 Å². The SMILES string of the molecule is COc1cc(C)ccc1[C@@H]1[C@@H]2[C@@H](C)NC(=O)N(C)[C@H]2NC(=O)N1C. The van der Waals surface area contributed by atoms with Gasteiger partial charge in [-0.25, -0.2) is 9.59 Å². The molecule has 0 aromatic heterocycles. The Hall–Kier alpha value is -2.44. The standard InChI is InChI=1S/C17H24N4O3/c1-9-6-7-11(12(8-9)24-5)14-13-10(2)18-16(22)21(4)15(13)19-17(23)20(14)3/h6-8,10,13-15H,1-5H3,(H,18,22)(H,19,23)/t10-,13+,14-,15-/m1/s1. The second-order valence-electron chi connectivity index (χ2n) is 6.62. The minimum atomic E-state index is -0.353. The lowest BCUT2D eigenvalue weighted by atomic mass is 9.80. The summed E-state index contributed by atoms with van der Waals surface area (Å²) in [5.74, 6) is 0.749. The summed E-state index contributed by atoms with van der Waals surface area (Å²) in [4.78, 5) is 27.8. The van der Waals surface area contributed by atoms with Crippen molar-refractivity contribution in [2.45, 2.75) is 32.1 Å². The van der Waals surface area contributed by atoms with Gasteiger partial charge in [0.25, 0.3) is 0 Å². The third-order valence-electron chi connectivity index (χ3n) is 5.11. The highest BCUT2D eigenvalue weighted by atomic mass is 16.5. The Bertz CT molecular complexity index is 678. The lowest BCUT2D eigenvalue weighted by Gasteiger charge is -2.52. The predicted molar refractivity (Wildman–Crippen MR) is 89.8 cm³/mol. The van der Waals surface area contributed by atoms with Crippen LogP contribution < -0.4 is 15.4 Å². The Morgan fingerprint density at radius 2 is 1.75 bits per heavy atom. The van der Waals surface area contributed by atoms with Gasteiger partial charge in [0.2, 0.25) is 0 Å². The van der Waals surface area contributed by atoms with Crippen molar-refractivity contribution in [1.29, 1.82) is 0 Å². The number of hydrogen-bond acceptors (Lipinski definition) is 3. The molecule has 2 N–H and O–H groups in total. The molecule has 7 heteroatoms. The Morgan fingerprint density at radius 3 is 2.42 bits per heavy atom. The van der Waals surface area contributed by atoms with Crippen LogP contribution in [0.4, 0.5) is 9.59 Å². The highest BCUT2D eigenvalue weighted by Gasteiger charge is 2.50. The molecule has 0 bridgehead atoms. The van der Waals surface area contributed by atoms with Crippen molar-refractivity contribution in [3.8, 4) is 5.75 Å². The van der Waals surface area contributed by atoms with Crippen LogP contribution in [-0.4, -0.2) is 55.3 Å². The topological polar surface area (TPSA) is 73.9 Å². The van der Waals surface area contributed by atoms with Crippen LogP contribution in [0.3, 0.4) is 0 Å². The summed E-state index contributed by atoms with van der Waals surface area (Å²) in [6.07, 6.45) is -0.353. The molecule has 0 unspecified atom stereocenters. The van der Waals surface area contributed by atoms with E-state index in [1.807, 2.05) is 32.0 Å². The van der Waals surface area contributed by atoms with Crippen LogP contribution in [-0.2, 0) is 0 Å². The molecule has 3 rings (SSSR count). The lowest BCUT2D eigenvalue weighted by Crippen LogP contribution is -2.71. The Balaban J connectivity index is 2.10. The van der Waals surface area contributed by atoms with Gasteiger partial charge in [-0.2, -0.15) is 0 Å². The molecular formula is C17H24N4O3. The zero-order valence-electron chi connectivity index (χ0n) is 14.7. The minimum Gasteiger partial charge on any atom is -0.496 e. The quantitative estimate of drug-likeness (QED) is 0.865. The number of aryl methyl sites for hydroxylation is 1. The summed E-state index contributed by atoms with van der Waals surface area (Å²) in [5, 5.41) is 5.92. The van der Waals surface area contributed by atoms with Gasteiger partial charge < -0.3 is 25.2 Å². The van der Waals surface area contributed by atoms with E-state index >= 15 is 0 Å². The monoisotopic (exact) mass is 332 g/mol. The number of hydrogen-bond donors (Lipinski definition) is 2. The third-order valence-corrected chi connectivity index (χ3v) is 5.11. The number of carbonyl (C=O) groups excluding carboxylic acids is 2. The Morgan fingerprint density at radius 1 is 1.08 bits per heavy atom. The van der Waals surface area contributed by atoms with Gasteiger partial charge in [0.1, 0.15) is 11.9 Å². The zero-order chi connectivity index (χ0) is 17.6. The number of amides is 4. The molecular weight excluding hydrogens is 308 g/mol. The molecule has 1 aromatic carbocycles. The van der Waals surface area contributed by atoms with E-state index < -0.39 is 0 Å². The van der Waals surface area contributed by atoms with Gasteiger partial charge in [0, 0.05) is 31.6 Å². The van der Waals surface area contributed by atoms with Gasteiger partial charge in [-0.3, -0.25) is 0 Å². The average molecular weight is 332 g/mol. The number of ether oxygens (including phenoxy) is 1. The highest BCUT2D eigenvalue weighted by Crippen LogP contribution is 2.41. The van der Waals surface area contributed by atoms with Crippen LogP contribution >= 0.6 is 0 Å². The molecule has 130 valence electrons. The fraction of sp³-hybridized carbons (Fsp3) is 0.529. The second-order valence-corrected chi connectivity index (χ2v) is 6.62. The molecule has 1 aromatic rings. The molecule has 4 amide bonds. The van der Waals surface area contributed by atoms with Crippen LogP contribution in [0, 0.1) is 12.8 Å². The van der Waals surface area contributed by atoms with E-state index in [2.05, 4.69) is 10.6 Å². The van der Waals surface area contributed by atoms with Crippen molar-refractivity contribution < 1.29 is 14.3 Å². The molecule has 0 radical (unpaired) electrons. The molecule has 0 aliphatic carbocycles. The fourth-order valence-corrected chi connectivity index (χ4v) is 3.78. The first-order chi connectivity index (χ1) is 11.3. The maximum absolute atomic E-state index is 12.5. The molecule has 2 saturated heterocycles. The molecule has 24 heavy (non-hydrogen) atoms. The average Bonchev–Trinajstić information content (AvgIpc) is 2.54. The van der Waals surface area contributed by atoms with Crippen LogP contribution in [0.1, 0.15) is 24.1 Å². The number of fused-ring (bicyclic) bond motifs is 1. The maximum atomic E-state index is 12.5. The van der Waals surface area contributed by atoms with E-state index in [0.717, 1.165) is 16.9 Å². The second kappa shape index (κ2) is 5.89. The summed E-state index contributed by atoms with van der Waals surface area (Å²) in [7, 11) is 5.11. The maximum Gasteiger partial charge on any atom is 0.319 e. The smallest absolute Gasteiger partial charge is 0.319 e. The Labute approximate surface area is 141 Å². The van der Waals surface area contributed by atoms with Gasteiger partial charge >= 0.3 is 12.1 Å². The van der Waals surface area contributed by atoms with Gasteiger partial charge in [-0.05, 0) is 25.5 Å². The number of nitrogens with one attached hydrogen (secondary N) is 2. The van der Waals surface area contributed by atoms with Crippen LogP contribution in [0.2, 0.25) is 0 Å². The van der Waals surface area contributed by atoms with Gasteiger partial charge in [-0.15, -0.1) is 0 Å². The van der Waals surface area contributed by atoms with Gasteiger partial charge in [0.15, 0.2) is 0 Å². The molecule has 2 aliphatic rings. The Kier molecular flexibility index (Phi) is 4.03. The van der Waals surface area contributed by atoms with E-state index in [-0.39, 0.29) is 36.2 Å². The van der Waals surface area contributed by atoms with Crippen LogP contribution in [0.25, 0.3) is 0 Å². The van der Waals surface area contributed by atoms with Crippen molar-refractivity contribution in [1.82, 2.24) is 20.4 Å². The number of methoxy groups -OCH3 is 1. The number of carbonyl (C=O) groups is 2. The molecule has 7 nitrogen and oxygen atoms in total. The number of rotatable bonds is 2. The summed E-state index contributed by atoms with van der Waals surface area (Å²) >= 11 is 0. The number of benzene rings is 1. The summed E-state index contributed by atoms with van der Waals surface area (Å²) < 4.78 is 5.57. The molecule has 0 saturated carbocycles. The first kappa shape index (κ1) is 16.4. The van der Waals surface area contributed by atoms with Crippen molar-refractivity contribution in [2.75, 3.05) is 21.2 Å². The van der Waals surface area contributed by atoms with E-state index in [1.54, 1.807) is 31.0 Å². The van der Waals surface area contributed by atoms with Crippen LogP contribution in [0.15, 0.2) is 18.2 Å². The summed E-state index contributed by atoms with van der Waals surface area (Å²) in [6, 6.07) is 5.34. The lowest BCUT2D eigenvalue weighted by molar-refractivity contribution is 0.0241. The highest BCUT2D eigenvalue weighted by molar-refractivity contribution is 5.80. The normalized spacial score (nSPS) is 29.7. The van der Waals surface area contributed by atoms with Crippen molar-refractivity contribution in [3.05, 3.63) is 29.3 Å². The number of urea groups is 2. The molecule has 4 atom stereocenters. The van der Waals surface area contributed by atoms with E-state index in [9.17, 15) is 9.59 Å². The summed E-state index contributed by atoms with van der Waals surface area (Å²) in [6.45, 7) is 3.98. The van der Waals surface area contributed by atoms with Crippen molar-refractivity contribution in [3.63, 3.8) is 0 Å². The molecule has 2 heterocycles. The van der Waals surface area contributed by atoms with E-state index in [4.69, 9.17) is 4.74 Å². The first-order valence-electron chi connectivity index (χ1n) is 8.06. The van der Waals surface area contributed by atoms with E-state index in [1.165, 1.54) is 0 Å². The largest absolute Gasteiger partial charge is 0.496 e. The molecule has 2 aliphatic heterocycles. The van der Waals surface area contributed by atoms with Crippen molar-refractivity contribution in [2.24, 2.45) is 5.92 Å². The third kappa shape index (κ3) is 2.44. The van der Waals surface area contributed by atoms with Gasteiger partial charge in [0.05, 0.1) is 13.2 Å². The minimum absolute atomic E-state index is 0.00740. The molecule has 2 fully saturated rings. The molecule has 0 spiro atoms. The van der Waals surface area contributed by atoms with Gasteiger partial charge in [-0.1, -0.05) is 12.1 Å².